The van der Waals surface area contributed by atoms with E-state index < -0.39 is 0 Å². The monoisotopic (exact) mass is 178 g/mol. The second-order valence-corrected chi connectivity index (χ2v) is 4.82. The van der Waals surface area contributed by atoms with Crippen molar-refractivity contribution in [2.75, 3.05) is 26.2 Å². The maximum atomic E-state index is 5.59. The Labute approximate surface area is 79.8 Å². The minimum absolute atomic E-state index is 0.822. The van der Waals surface area contributed by atoms with Crippen LogP contribution in [0.15, 0.2) is 12.2 Å². The number of nitrogens with zero attached hydrogens (tertiary/aromatic N) is 1. The number of fused-ring (bicyclic) bond motifs is 5. The lowest BCUT2D eigenvalue weighted by Gasteiger charge is -2.17. The van der Waals surface area contributed by atoms with Crippen molar-refractivity contribution in [2.24, 2.45) is 29.4 Å². The van der Waals surface area contributed by atoms with E-state index in [4.69, 9.17) is 5.73 Å². The van der Waals surface area contributed by atoms with E-state index in [1.807, 2.05) is 0 Å². The van der Waals surface area contributed by atoms with Crippen LogP contribution in [-0.2, 0) is 0 Å². The number of nitrogens with two attached hydrogens (primary N) is 1. The molecule has 2 heteroatoms. The summed E-state index contributed by atoms with van der Waals surface area (Å²) >= 11 is 0. The lowest BCUT2D eigenvalue weighted by molar-refractivity contribution is 0.306. The summed E-state index contributed by atoms with van der Waals surface area (Å²) in [7, 11) is 0. The molecule has 3 rings (SSSR count). The van der Waals surface area contributed by atoms with Crippen molar-refractivity contribution in [3.63, 3.8) is 0 Å². The second-order valence-electron chi connectivity index (χ2n) is 4.82. The molecule has 4 atom stereocenters. The highest BCUT2D eigenvalue weighted by atomic mass is 15.2. The van der Waals surface area contributed by atoms with Crippen LogP contribution in [0.5, 0.6) is 0 Å². The van der Waals surface area contributed by atoms with Gasteiger partial charge in [-0.05, 0) is 30.1 Å². The van der Waals surface area contributed by atoms with Gasteiger partial charge in [0, 0.05) is 26.2 Å². The molecule has 2 bridgehead atoms. The fourth-order valence-electron chi connectivity index (χ4n) is 3.60. The summed E-state index contributed by atoms with van der Waals surface area (Å²) in [6, 6.07) is 0. The Hall–Kier alpha value is -0.340. The molecule has 0 aromatic heterocycles. The molecular formula is C11H18N2. The van der Waals surface area contributed by atoms with Crippen LogP contribution < -0.4 is 5.73 Å². The van der Waals surface area contributed by atoms with E-state index in [9.17, 15) is 0 Å². The van der Waals surface area contributed by atoms with E-state index >= 15 is 0 Å². The van der Waals surface area contributed by atoms with Crippen LogP contribution in [0.2, 0.25) is 0 Å². The van der Waals surface area contributed by atoms with E-state index in [-0.39, 0.29) is 0 Å². The topological polar surface area (TPSA) is 29.3 Å². The molecule has 0 radical (unpaired) electrons. The van der Waals surface area contributed by atoms with E-state index in [1.54, 1.807) is 0 Å². The van der Waals surface area contributed by atoms with Crippen molar-refractivity contribution in [1.82, 2.24) is 4.90 Å². The first-order valence-electron chi connectivity index (χ1n) is 5.49. The Morgan fingerprint density at radius 3 is 2.31 bits per heavy atom. The molecule has 1 saturated heterocycles. The molecular weight excluding hydrogens is 160 g/mol. The average molecular weight is 178 g/mol. The molecule has 72 valence electrons. The first-order valence-corrected chi connectivity index (χ1v) is 5.49. The lowest BCUT2D eigenvalue weighted by atomic mass is 9.86. The summed E-state index contributed by atoms with van der Waals surface area (Å²) in [5, 5.41) is 0. The number of hydrogen-bond acceptors (Lipinski definition) is 2. The van der Waals surface area contributed by atoms with Crippen LogP contribution in [0.1, 0.15) is 6.42 Å². The van der Waals surface area contributed by atoms with E-state index in [0.29, 0.717) is 0 Å². The van der Waals surface area contributed by atoms with Crippen LogP contribution in [-0.4, -0.2) is 31.1 Å². The number of rotatable bonds is 2. The summed E-state index contributed by atoms with van der Waals surface area (Å²) in [6.07, 6.45) is 6.36. The minimum atomic E-state index is 0.822. The molecule has 1 saturated carbocycles. The first-order chi connectivity index (χ1) is 6.38. The Morgan fingerprint density at radius 1 is 1.15 bits per heavy atom. The summed E-state index contributed by atoms with van der Waals surface area (Å²) in [6.45, 7) is 4.55. The Bertz CT molecular complexity index is 216. The van der Waals surface area contributed by atoms with Gasteiger partial charge in [0.15, 0.2) is 0 Å². The fraction of sp³-hybridized carbons (Fsp3) is 0.818. The molecule has 1 aliphatic heterocycles. The molecule has 2 N–H and O–H groups in total. The van der Waals surface area contributed by atoms with Crippen molar-refractivity contribution in [1.29, 1.82) is 0 Å². The molecule has 3 aliphatic rings. The second kappa shape index (κ2) is 2.82. The van der Waals surface area contributed by atoms with Crippen molar-refractivity contribution < 1.29 is 0 Å². The Balaban J connectivity index is 1.72. The molecule has 13 heavy (non-hydrogen) atoms. The summed E-state index contributed by atoms with van der Waals surface area (Å²) in [4.78, 5) is 2.56. The molecule has 2 nitrogen and oxygen atoms in total. The maximum Gasteiger partial charge on any atom is 0.0105 e. The molecule has 0 unspecified atom stereocenters. The molecule has 0 aromatic rings. The van der Waals surface area contributed by atoms with E-state index in [0.717, 1.165) is 36.8 Å². The third-order valence-corrected chi connectivity index (χ3v) is 4.18. The Morgan fingerprint density at radius 2 is 1.77 bits per heavy atom. The van der Waals surface area contributed by atoms with Gasteiger partial charge in [-0.15, -0.1) is 0 Å². The van der Waals surface area contributed by atoms with Gasteiger partial charge in [0.25, 0.3) is 0 Å². The summed E-state index contributed by atoms with van der Waals surface area (Å²) in [5.41, 5.74) is 5.59. The standard InChI is InChI=1S/C11H18N2/c12-3-4-13-6-10-8-1-2-9(5-8)11(10)7-13/h1-2,8-11H,3-7,12H2/t8-,9-,10+,11+/m0/s1. The van der Waals surface area contributed by atoms with Crippen molar-refractivity contribution >= 4 is 0 Å². The van der Waals surface area contributed by atoms with Crippen molar-refractivity contribution in [3.8, 4) is 0 Å². The molecule has 2 aliphatic carbocycles. The predicted octanol–water partition coefficient (Wildman–Crippen LogP) is 0.699. The highest BCUT2D eigenvalue weighted by molar-refractivity contribution is 5.16. The SMILES string of the molecule is NCCN1C[C@H]2[C@H](C1)[C@H]1C=C[C@H]2C1. The van der Waals surface area contributed by atoms with Gasteiger partial charge in [-0.1, -0.05) is 12.2 Å². The zero-order chi connectivity index (χ0) is 8.84. The van der Waals surface area contributed by atoms with Crippen molar-refractivity contribution in [2.45, 2.75) is 6.42 Å². The van der Waals surface area contributed by atoms with Crippen LogP contribution >= 0.6 is 0 Å². The molecule has 0 amide bonds. The lowest BCUT2D eigenvalue weighted by Crippen LogP contribution is -2.28. The molecule has 1 heterocycles. The van der Waals surface area contributed by atoms with Crippen LogP contribution in [0.25, 0.3) is 0 Å². The third-order valence-electron chi connectivity index (χ3n) is 4.18. The quantitative estimate of drug-likeness (QED) is 0.631. The number of allylic oxidation sites excluding steroid dienone is 2. The highest BCUT2D eigenvalue weighted by Crippen LogP contribution is 2.51. The fourth-order valence-corrected chi connectivity index (χ4v) is 3.60. The van der Waals surface area contributed by atoms with Crippen LogP contribution in [0, 0.1) is 23.7 Å². The van der Waals surface area contributed by atoms with Gasteiger partial charge in [-0.2, -0.15) is 0 Å². The van der Waals surface area contributed by atoms with E-state index in [2.05, 4.69) is 17.1 Å². The maximum absolute atomic E-state index is 5.59. The van der Waals surface area contributed by atoms with Gasteiger partial charge in [-0.25, -0.2) is 0 Å². The van der Waals surface area contributed by atoms with Gasteiger partial charge >= 0.3 is 0 Å². The first kappa shape index (κ1) is 8.01. The third kappa shape index (κ3) is 1.09. The van der Waals surface area contributed by atoms with Gasteiger partial charge in [0.05, 0.1) is 0 Å². The van der Waals surface area contributed by atoms with Crippen LogP contribution in [0.3, 0.4) is 0 Å². The smallest absolute Gasteiger partial charge is 0.0105 e. The molecule has 0 aromatic carbocycles. The largest absolute Gasteiger partial charge is 0.329 e. The van der Waals surface area contributed by atoms with Crippen molar-refractivity contribution in [3.05, 3.63) is 12.2 Å². The predicted molar refractivity (Wildman–Crippen MR) is 53.2 cm³/mol. The van der Waals surface area contributed by atoms with Gasteiger partial charge in [-0.3, -0.25) is 0 Å². The van der Waals surface area contributed by atoms with Crippen LogP contribution in [0.4, 0.5) is 0 Å². The number of hydrogen-bond donors (Lipinski definition) is 1. The molecule has 0 spiro atoms. The zero-order valence-electron chi connectivity index (χ0n) is 8.02. The summed E-state index contributed by atoms with van der Waals surface area (Å²) < 4.78 is 0. The van der Waals surface area contributed by atoms with Gasteiger partial charge in [0.1, 0.15) is 0 Å². The Kier molecular flexibility index (Phi) is 1.74. The van der Waals surface area contributed by atoms with Gasteiger partial charge < -0.3 is 10.6 Å². The van der Waals surface area contributed by atoms with E-state index in [1.165, 1.54) is 19.5 Å². The minimum Gasteiger partial charge on any atom is -0.329 e. The highest BCUT2D eigenvalue weighted by Gasteiger charge is 2.48. The van der Waals surface area contributed by atoms with Gasteiger partial charge in [0.2, 0.25) is 0 Å². The molecule has 2 fully saturated rings. The normalized spacial score (nSPS) is 47.5. The number of likely N-dealkylation sites (tertiary alicyclic amines) is 1. The zero-order valence-corrected chi connectivity index (χ0v) is 8.02. The average Bonchev–Trinajstić information content (AvgIpc) is 2.72. The summed E-state index contributed by atoms with van der Waals surface area (Å²) in [5.74, 6) is 3.78.